The molecule has 1 aromatic carbocycles. The van der Waals surface area contributed by atoms with E-state index in [1.807, 2.05) is 29.2 Å². The van der Waals surface area contributed by atoms with Gasteiger partial charge in [0, 0.05) is 25.3 Å². The number of benzene rings is 1. The van der Waals surface area contributed by atoms with Crippen molar-refractivity contribution in [1.82, 2.24) is 5.32 Å². The molecule has 1 aliphatic heterocycles. The van der Waals surface area contributed by atoms with E-state index in [9.17, 15) is 9.90 Å². The van der Waals surface area contributed by atoms with Gasteiger partial charge in [-0.15, -0.1) is 0 Å². The van der Waals surface area contributed by atoms with Crippen LogP contribution < -0.4 is 10.2 Å². The number of rotatable bonds is 3. The lowest BCUT2D eigenvalue weighted by molar-refractivity contribution is -0.159. The fourth-order valence-corrected chi connectivity index (χ4v) is 2.35. The minimum Gasteiger partial charge on any atom is -0.467 e. The molecule has 0 amide bonds. The molecule has 1 heterocycles. The third kappa shape index (κ3) is 3.05. The van der Waals surface area contributed by atoms with Crippen molar-refractivity contribution in [3.8, 4) is 0 Å². The number of aliphatic hydroxyl groups is 1. The van der Waals surface area contributed by atoms with E-state index < -0.39 is 11.6 Å². The van der Waals surface area contributed by atoms with Crippen LogP contribution in [0.2, 0.25) is 0 Å². The number of fused-ring (bicyclic) bond motifs is 1. The number of para-hydroxylation sites is 1. The van der Waals surface area contributed by atoms with E-state index in [0.717, 1.165) is 25.3 Å². The zero-order valence-corrected chi connectivity index (χ0v) is 11.3. The smallest absolute Gasteiger partial charge is 0.339 e. The molecule has 2 rings (SSSR count). The lowest BCUT2D eigenvalue weighted by atomic mass is 10.1. The minimum absolute atomic E-state index is 0.221. The van der Waals surface area contributed by atoms with Gasteiger partial charge in [0.1, 0.15) is 0 Å². The van der Waals surface area contributed by atoms with Crippen LogP contribution in [-0.2, 0) is 16.1 Å². The van der Waals surface area contributed by atoms with Crippen molar-refractivity contribution in [2.75, 3.05) is 31.6 Å². The molecule has 0 radical (unpaired) electrons. The van der Waals surface area contributed by atoms with Crippen LogP contribution in [0.5, 0.6) is 0 Å². The molecular formula is C14H20N2O3. The number of β-amino-alcohol motifs (C(OH)–C–C–N with tert-alkyl or cyclic N) is 1. The van der Waals surface area contributed by atoms with Crippen LogP contribution in [0, 0.1) is 0 Å². The van der Waals surface area contributed by atoms with Crippen LogP contribution in [0.1, 0.15) is 12.5 Å². The number of hydrogen-bond acceptors (Lipinski definition) is 5. The van der Waals surface area contributed by atoms with Gasteiger partial charge in [0.2, 0.25) is 0 Å². The summed E-state index contributed by atoms with van der Waals surface area (Å²) in [6, 6.07) is 8.01. The van der Waals surface area contributed by atoms with Crippen molar-refractivity contribution in [2.24, 2.45) is 0 Å². The van der Waals surface area contributed by atoms with Crippen LogP contribution in [0.4, 0.5) is 5.69 Å². The Morgan fingerprint density at radius 3 is 3.00 bits per heavy atom. The number of hydrogen-bond donors (Lipinski definition) is 2. The number of ether oxygens (including phenoxy) is 1. The van der Waals surface area contributed by atoms with Gasteiger partial charge in [-0.05, 0) is 18.6 Å². The van der Waals surface area contributed by atoms with Gasteiger partial charge in [0.15, 0.2) is 5.60 Å². The molecule has 0 spiro atoms. The summed E-state index contributed by atoms with van der Waals surface area (Å²) < 4.78 is 4.64. The summed E-state index contributed by atoms with van der Waals surface area (Å²) in [4.78, 5) is 13.6. The van der Waals surface area contributed by atoms with E-state index in [1.165, 1.54) is 19.6 Å². The third-order valence-electron chi connectivity index (χ3n) is 3.33. The predicted octanol–water partition coefficient (Wildman–Crippen LogP) is 0.520. The Morgan fingerprint density at radius 2 is 2.26 bits per heavy atom. The first-order chi connectivity index (χ1) is 9.04. The minimum atomic E-state index is -1.51. The van der Waals surface area contributed by atoms with Crippen molar-refractivity contribution in [3.63, 3.8) is 0 Å². The largest absolute Gasteiger partial charge is 0.467 e. The van der Waals surface area contributed by atoms with Crippen molar-refractivity contribution >= 4 is 11.7 Å². The van der Waals surface area contributed by atoms with Gasteiger partial charge < -0.3 is 20.1 Å². The fourth-order valence-electron chi connectivity index (χ4n) is 2.35. The van der Waals surface area contributed by atoms with Crippen molar-refractivity contribution in [2.45, 2.75) is 19.1 Å². The molecule has 1 atom stereocenters. The number of esters is 1. The Labute approximate surface area is 113 Å². The van der Waals surface area contributed by atoms with E-state index in [-0.39, 0.29) is 6.54 Å². The molecule has 0 aromatic heterocycles. The van der Waals surface area contributed by atoms with Crippen LogP contribution in [0.25, 0.3) is 0 Å². The molecular weight excluding hydrogens is 244 g/mol. The van der Waals surface area contributed by atoms with E-state index >= 15 is 0 Å². The fraction of sp³-hybridized carbons (Fsp3) is 0.500. The average molecular weight is 264 g/mol. The molecule has 0 bridgehead atoms. The summed E-state index contributed by atoms with van der Waals surface area (Å²) in [6.07, 6.45) is 0. The highest BCUT2D eigenvalue weighted by molar-refractivity contribution is 5.79. The SMILES string of the molecule is COC(=O)C(C)(O)CN1CCNCc2ccccc21. The van der Waals surface area contributed by atoms with Crippen LogP contribution >= 0.6 is 0 Å². The lowest BCUT2D eigenvalue weighted by Gasteiger charge is -2.31. The molecule has 0 saturated heterocycles. The highest BCUT2D eigenvalue weighted by Gasteiger charge is 2.34. The Balaban J connectivity index is 2.23. The molecule has 1 aliphatic rings. The summed E-state index contributed by atoms with van der Waals surface area (Å²) in [5, 5.41) is 13.5. The standard InChI is InChI=1S/C14H20N2O3/c1-14(18,13(17)19-2)10-16-8-7-15-9-11-5-3-4-6-12(11)16/h3-6,15,18H,7-10H2,1-2H3. The Morgan fingerprint density at radius 1 is 1.53 bits per heavy atom. The van der Waals surface area contributed by atoms with E-state index in [4.69, 9.17) is 0 Å². The Bertz CT molecular complexity index is 460. The van der Waals surface area contributed by atoms with Gasteiger partial charge in [-0.1, -0.05) is 18.2 Å². The summed E-state index contributed by atoms with van der Waals surface area (Å²) in [5.74, 6) is -0.609. The van der Waals surface area contributed by atoms with Gasteiger partial charge in [-0.2, -0.15) is 0 Å². The predicted molar refractivity (Wildman–Crippen MR) is 73.0 cm³/mol. The zero-order valence-electron chi connectivity index (χ0n) is 11.3. The first-order valence-corrected chi connectivity index (χ1v) is 6.39. The quantitative estimate of drug-likeness (QED) is 0.779. The maximum atomic E-state index is 11.6. The number of nitrogens with zero attached hydrogens (tertiary/aromatic N) is 1. The summed E-state index contributed by atoms with van der Waals surface area (Å²) in [5.41, 5.74) is 0.712. The molecule has 104 valence electrons. The highest BCUT2D eigenvalue weighted by atomic mass is 16.5. The Kier molecular flexibility index (Phi) is 4.07. The van der Waals surface area contributed by atoms with Crippen molar-refractivity contribution < 1.29 is 14.6 Å². The number of nitrogens with one attached hydrogen (secondary N) is 1. The van der Waals surface area contributed by atoms with E-state index in [2.05, 4.69) is 10.1 Å². The van der Waals surface area contributed by atoms with Crippen molar-refractivity contribution in [3.05, 3.63) is 29.8 Å². The first kappa shape index (κ1) is 13.8. The zero-order chi connectivity index (χ0) is 13.9. The molecule has 19 heavy (non-hydrogen) atoms. The maximum Gasteiger partial charge on any atom is 0.339 e. The molecule has 0 aliphatic carbocycles. The maximum absolute atomic E-state index is 11.6. The van der Waals surface area contributed by atoms with Gasteiger partial charge in [0.05, 0.1) is 13.7 Å². The molecule has 1 unspecified atom stereocenters. The second kappa shape index (κ2) is 5.59. The highest BCUT2D eigenvalue weighted by Crippen LogP contribution is 2.24. The normalized spacial score (nSPS) is 18.2. The third-order valence-corrected chi connectivity index (χ3v) is 3.33. The number of methoxy groups -OCH3 is 1. The molecule has 5 nitrogen and oxygen atoms in total. The van der Waals surface area contributed by atoms with Crippen molar-refractivity contribution in [1.29, 1.82) is 0 Å². The van der Waals surface area contributed by atoms with E-state index in [0.29, 0.717) is 0 Å². The molecule has 1 aromatic rings. The van der Waals surface area contributed by atoms with Gasteiger partial charge in [0.25, 0.3) is 0 Å². The van der Waals surface area contributed by atoms with Gasteiger partial charge >= 0.3 is 5.97 Å². The Hall–Kier alpha value is -1.59. The summed E-state index contributed by atoms with van der Waals surface area (Å²) in [6.45, 7) is 4.06. The number of carbonyl (C=O) groups is 1. The first-order valence-electron chi connectivity index (χ1n) is 6.39. The topological polar surface area (TPSA) is 61.8 Å². The van der Waals surface area contributed by atoms with Gasteiger partial charge in [-0.3, -0.25) is 0 Å². The number of carbonyl (C=O) groups excluding carboxylic acids is 1. The molecule has 0 fully saturated rings. The molecule has 5 heteroatoms. The van der Waals surface area contributed by atoms with Crippen LogP contribution in [0.3, 0.4) is 0 Å². The number of anilines is 1. The second-order valence-electron chi connectivity index (χ2n) is 4.99. The summed E-state index contributed by atoms with van der Waals surface area (Å²) in [7, 11) is 1.29. The summed E-state index contributed by atoms with van der Waals surface area (Å²) >= 11 is 0. The second-order valence-corrected chi connectivity index (χ2v) is 4.99. The monoisotopic (exact) mass is 264 g/mol. The van der Waals surface area contributed by atoms with Crippen LogP contribution in [0.15, 0.2) is 24.3 Å². The lowest BCUT2D eigenvalue weighted by Crippen LogP contribution is -2.48. The van der Waals surface area contributed by atoms with E-state index in [1.54, 1.807) is 0 Å². The molecule has 2 N–H and O–H groups in total. The average Bonchev–Trinajstić information content (AvgIpc) is 2.60. The molecule has 0 saturated carbocycles. The van der Waals surface area contributed by atoms with Gasteiger partial charge in [-0.25, -0.2) is 4.79 Å². The van der Waals surface area contributed by atoms with Crippen LogP contribution in [-0.4, -0.2) is 43.4 Å².